The Balaban J connectivity index is 1.43. The molecule has 5 nitrogen and oxygen atoms in total. The van der Waals surface area contributed by atoms with Crippen LogP contribution in [0.1, 0.15) is 65.6 Å². The van der Waals surface area contributed by atoms with Crippen molar-refractivity contribution in [2.75, 3.05) is 11.4 Å². The lowest BCUT2D eigenvalue weighted by Crippen LogP contribution is -2.36. The van der Waals surface area contributed by atoms with Crippen LogP contribution in [0, 0.1) is 0 Å². The van der Waals surface area contributed by atoms with Crippen LogP contribution >= 0.6 is 0 Å². The van der Waals surface area contributed by atoms with Crippen molar-refractivity contribution in [3.63, 3.8) is 0 Å². The largest absolute Gasteiger partial charge is 0.350 e. The summed E-state index contributed by atoms with van der Waals surface area (Å²) in [5.41, 5.74) is 4.11. The number of anilines is 1. The summed E-state index contributed by atoms with van der Waals surface area (Å²) in [7, 11) is 0. The van der Waals surface area contributed by atoms with Gasteiger partial charge in [-0.1, -0.05) is 35.9 Å². The summed E-state index contributed by atoms with van der Waals surface area (Å²) in [6.45, 7) is 2.63. The van der Waals surface area contributed by atoms with Crippen LogP contribution in [0.25, 0.3) is 0 Å². The summed E-state index contributed by atoms with van der Waals surface area (Å²) < 4.78 is 0. The number of pyridine rings is 1. The van der Waals surface area contributed by atoms with E-state index in [1.54, 1.807) is 23.1 Å². The van der Waals surface area contributed by atoms with Crippen LogP contribution in [-0.2, 0) is 6.42 Å². The van der Waals surface area contributed by atoms with E-state index in [9.17, 15) is 9.59 Å². The minimum atomic E-state index is -0.231. The Labute approximate surface area is 171 Å². The Bertz CT molecular complexity index is 951. The zero-order valence-corrected chi connectivity index (χ0v) is 16.9. The number of hydrogen-bond acceptors (Lipinski definition) is 3. The second-order valence-corrected chi connectivity index (χ2v) is 7.88. The first-order valence-electron chi connectivity index (χ1n) is 10.5. The summed E-state index contributed by atoms with van der Waals surface area (Å²) in [4.78, 5) is 31.8. The molecule has 2 amide bonds. The van der Waals surface area contributed by atoms with Gasteiger partial charge in [-0.15, -0.1) is 0 Å². The average Bonchev–Trinajstić information content (AvgIpc) is 3.09. The summed E-state index contributed by atoms with van der Waals surface area (Å²) in [6.07, 6.45) is 8.79. The standard InChI is InChI=1S/C24H27N3O2/c1-17-16-19-10-5-6-13-22(19)27(17)24(29)21-12-7-11-20(26-21)23(28)25-15-14-18-8-3-2-4-9-18/h5-8,10-13,17H,2-4,9,14-16H2,1H3,(H,25,28). The Morgan fingerprint density at radius 1 is 1.10 bits per heavy atom. The summed E-state index contributed by atoms with van der Waals surface area (Å²) in [6, 6.07) is 13.1. The van der Waals surface area contributed by atoms with E-state index in [1.165, 1.54) is 24.0 Å². The SMILES string of the molecule is CC1Cc2ccccc2N1C(=O)c1cccc(C(=O)NCCC2=CCCCC2)n1. The van der Waals surface area contributed by atoms with Crippen molar-refractivity contribution in [1.82, 2.24) is 10.3 Å². The summed E-state index contributed by atoms with van der Waals surface area (Å²) in [5, 5.41) is 2.94. The van der Waals surface area contributed by atoms with Crippen molar-refractivity contribution in [3.05, 3.63) is 71.1 Å². The monoisotopic (exact) mass is 389 g/mol. The summed E-state index contributed by atoms with van der Waals surface area (Å²) >= 11 is 0. The zero-order valence-electron chi connectivity index (χ0n) is 16.9. The van der Waals surface area contributed by atoms with E-state index in [0.717, 1.165) is 31.4 Å². The zero-order chi connectivity index (χ0) is 20.2. The maximum absolute atomic E-state index is 13.1. The van der Waals surface area contributed by atoms with Crippen LogP contribution in [0.2, 0.25) is 0 Å². The number of carbonyl (C=O) groups excluding carboxylic acids is 2. The molecule has 0 bridgehead atoms. The second-order valence-electron chi connectivity index (χ2n) is 7.88. The van der Waals surface area contributed by atoms with Gasteiger partial charge in [0, 0.05) is 18.3 Å². The van der Waals surface area contributed by atoms with Crippen molar-refractivity contribution >= 4 is 17.5 Å². The number of fused-ring (bicyclic) bond motifs is 1. The van der Waals surface area contributed by atoms with Crippen LogP contribution in [0.5, 0.6) is 0 Å². The lowest BCUT2D eigenvalue weighted by atomic mass is 9.97. The van der Waals surface area contributed by atoms with E-state index >= 15 is 0 Å². The molecular weight excluding hydrogens is 362 g/mol. The Hall–Kier alpha value is -2.95. The second kappa shape index (κ2) is 8.60. The fraction of sp³-hybridized carbons (Fsp3) is 0.375. The first-order valence-corrected chi connectivity index (χ1v) is 10.5. The number of nitrogens with one attached hydrogen (secondary N) is 1. The number of aromatic nitrogens is 1. The normalized spacial score (nSPS) is 18.2. The van der Waals surface area contributed by atoms with Gasteiger partial charge in [-0.3, -0.25) is 9.59 Å². The molecule has 0 spiro atoms. The van der Waals surface area contributed by atoms with Crippen molar-refractivity contribution in [3.8, 4) is 0 Å². The fourth-order valence-corrected chi connectivity index (χ4v) is 4.24. The van der Waals surface area contributed by atoms with Gasteiger partial charge in [0.2, 0.25) is 0 Å². The van der Waals surface area contributed by atoms with E-state index in [1.807, 2.05) is 25.1 Å². The highest BCUT2D eigenvalue weighted by molar-refractivity contribution is 6.07. The molecular formula is C24H27N3O2. The predicted octanol–water partition coefficient (Wildman–Crippen LogP) is 4.29. The first kappa shape index (κ1) is 19.4. The third-order valence-corrected chi connectivity index (χ3v) is 5.74. The molecule has 1 aliphatic carbocycles. The Morgan fingerprint density at radius 2 is 1.93 bits per heavy atom. The van der Waals surface area contributed by atoms with E-state index in [-0.39, 0.29) is 23.6 Å². The first-order chi connectivity index (χ1) is 14.1. The van der Waals surface area contributed by atoms with Crippen molar-refractivity contribution in [2.24, 2.45) is 0 Å². The topological polar surface area (TPSA) is 62.3 Å². The quantitative estimate of drug-likeness (QED) is 0.776. The molecule has 1 unspecified atom stereocenters. The van der Waals surface area contributed by atoms with E-state index < -0.39 is 0 Å². The van der Waals surface area contributed by atoms with Gasteiger partial charge in [0.25, 0.3) is 11.8 Å². The van der Waals surface area contributed by atoms with Gasteiger partial charge in [-0.25, -0.2) is 4.98 Å². The number of carbonyl (C=O) groups is 2. The molecule has 1 N–H and O–H groups in total. The molecule has 1 aliphatic heterocycles. The molecule has 29 heavy (non-hydrogen) atoms. The van der Waals surface area contributed by atoms with E-state index in [4.69, 9.17) is 0 Å². The Morgan fingerprint density at radius 3 is 2.76 bits per heavy atom. The average molecular weight is 389 g/mol. The molecule has 1 aromatic carbocycles. The molecule has 0 radical (unpaired) electrons. The van der Waals surface area contributed by atoms with Crippen LogP contribution in [0.15, 0.2) is 54.1 Å². The summed E-state index contributed by atoms with van der Waals surface area (Å²) in [5.74, 6) is -0.393. The van der Waals surface area contributed by atoms with Crippen LogP contribution < -0.4 is 10.2 Å². The van der Waals surface area contributed by atoms with Gasteiger partial charge in [0.15, 0.2) is 0 Å². The smallest absolute Gasteiger partial charge is 0.277 e. The highest BCUT2D eigenvalue weighted by atomic mass is 16.2. The maximum atomic E-state index is 13.1. The van der Waals surface area contributed by atoms with Gasteiger partial charge >= 0.3 is 0 Å². The molecule has 4 rings (SSSR count). The van der Waals surface area contributed by atoms with Gasteiger partial charge in [0.1, 0.15) is 11.4 Å². The maximum Gasteiger partial charge on any atom is 0.277 e. The molecule has 0 saturated carbocycles. The van der Waals surface area contributed by atoms with Crippen molar-refractivity contribution in [2.45, 2.75) is 51.5 Å². The highest BCUT2D eigenvalue weighted by Crippen LogP contribution is 2.32. The third kappa shape index (κ3) is 4.24. The Kier molecular flexibility index (Phi) is 5.74. The van der Waals surface area contributed by atoms with Crippen molar-refractivity contribution < 1.29 is 9.59 Å². The number of allylic oxidation sites excluding steroid dienone is 1. The van der Waals surface area contributed by atoms with E-state index in [0.29, 0.717) is 12.2 Å². The number of rotatable bonds is 5. The molecule has 150 valence electrons. The molecule has 0 saturated heterocycles. The van der Waals surface area contributed by atoms with Gasteiger partial charge < -0.3 is 10.2 Å². The van der Waals surface area contributed by atoms with Gasteiger partial charge in [0.05, 0.1) is 0 Å². The molecule has 2 aliphatic rings. The molecule has 0 fully saturated rings. The highest BCUT2D eigenvalue weighted by Gasteiger charge is 2.32. The third-order valence-electron chi connectivity index (χ3n) is 5.74. The number of nitrogens with zero attached hydrogens (tertiary/aromatic N) is 2. The number of hydrogen-bond donors (Lipinski definition) is 1. The van der Waals surface area contributed by atoms with Crippen LogP contribution in [-0.4, -0.2) is 29.4 Å². The fourth-order valence-electron chi connectivity index (χ4n) is 4.24. The lowest BCUT2D eigenvalue weighted by molar-refractivity contribution is 0.0948. The molecule has 5 heteroatoms. The molecule has 1 atom stereocenters. The minimum absolute atomic E-state index is 0.0722. The number of benzene rings is 1. The molecule has 1 aromatic heterocycles. The number of amides is 2. The van der Waals surface area contributed by atoms with E-state index in [2.05, 4.69) is 22.4 Å². The number of para-hydroxylation sites is 1. The minimum Gasteiger partial charge on any atom is -0.350 e. The van der Waals surface area contributed by atoms with Gasteiger partial charge in [-0.2, -0.15) is 0 Å². The predicted molar refractivity (Wildman–Crippen MR) is 114 cm³/mol. The van der Waals surface area contributed by atoms with Crippen LogP contribution in [0.3, 0.4) is 0 Å². The molecule has 2 heterocycles. The molecule has 2 aromatic rings. The van der Waals surface area contributed by atoms with Crippen LogP contribution in [0.4, 0.5) is 5.69 Å². The van der Waals surface area contributed by atoms with Gasteiger partial charge in [-0.05, 0) is 69.2 Å². The van der Waals surface area contributed by atoms with Crippen molar-refractivity contribution in [1.29, 1.82) is 0 Å². The lowest BCUT2D eigenvalue weighted by Gasteiger charge is -2.22.